The molecule has 14 heavy (non-hydrogen) atoms. The first-order valence-corrected chi connectivity index (χ1v) is 7.50. The quantitative estimate of drug-likeness (QED) is 0.643. The molecule has 4 fully saturated rings. The molecular formula is C10H16OS3. The van der Waals surface area contributed by atoms with Crippen LogP contribution in [-0.2, 0) is 4.74 Å². The maximum atomic E-state index is 6.24. The van der Waals surface area contributed by atoms with E-state index in [1.165, 1.54) is 12.8 Å². The SMILES string of the molecule is C[C@]12C[C@@]3(C)O[C@](C)(C[C@@](C)(S1)S3)S2. The van der Waals surface area contributed by atoms with Gasteiger partial charge in [-0.05, 0) is 27.7 Å². The first-order chi connectivity index (χ1) is 6.24. The summed E-state index contributed by atoms with van der Waals surface area (Å²) in [5.74, 6) is 0. The van der Waals surface area contributed by atoms with Crippen LogP contribution >= 0.6 is 35.3 Å². The normalized spacial score (nSPS) is 66.0. The molecule has 4 bridgehead atoms. The van der Waals surface area contributed by atoms with E-state index in [2.05, 4.69) is 39.5 Å². The zero-order chi connectivity index (χ0) is 10.2. The lowest BCUT2D eigenvalue weighted by atomic mass is 10.1. The highest BCUT2D eigenvalue weighted by Gasteiger charge is 2.65. The summed E-state index contributed by atoms with van der Waals surface area (Å²) >= 11 is 6.23. The van der Waals surface area contributed by atoms with E-state index in [9.17, 15) is 0 Å². The van der Waals surface area contributed by atoms with Gasteiger partial charge in [-0.25, -0.2) is 0 Å². The summed E-state index contributed by atoms with van der Waals surface area (Å²) in [4.78, 5) is 0.125. The van der Waals surface area contributed by atoms with Crippen LogP contribution in [0.15, 0.2) is 0 Å². The summed E-state index contributed by atoms with van der Waals surface area (Å²) in [5, 5.41) is 0. The van der Waals surface area contributed by atoms with Gasteiger partial charge in [0.1, 0.15) is 9.87 Å². The Morgan fingerprint density at radius 2 is 1.21 bits per heavy atom. The van der Waals surface area contributed by atoms with Crippen LogP contribution in [-0.4, -0.2) is 18.0 Å². The Morgan fingerprint density at radius 1 is 0.786 bits per heavy atom. The third kappa shape index (κ3) is 1.37. The second kappa shape index (κ2) is 2.47. The van der Waals surface area contributed by atoms with Gasteiger partial charge in [-0.1, -0.05) is 0 Å². The van der Waals surface area contributed by atoms with E-state index >= 15 is 0 Å². The molecule has 0 amide bonds. The zero-order valence-electron chi connectivity index (χ0n) is 9.05. The molecule has 0 aromatic heterocycles. The van der Waals surface area contributed by atoms with Crippen molar-refractivity contribution in [3.8, 4) is 0 Å². The van der Waals surface area contributed by atoms with Crippen LogP contribution in [0.5, 0.6) is 0 Å². The number of ether oxygens (including phenoxy) is 1. The van der Waals surface area contributed by atoms with Crippen molar-refractivity contribution in [1.82, 2.24) is 0 Å². The van der Waals surface area contributed by atoms with E-state index in [0.29, 0.717) is 8.16 Å². The Kier molecular flexibility index (Phi) is 1.79. The molecule has 0 aromatic carbocycles. The average Bonchev–Trinajstić information content (AvgIpc) is 1.67. The van der Waals surface area contributed by atoms with Crippen molar-refractivity contribution in [2.24, 2.45) is 0 Å². The fourth-order valence-corrected chi connectivity index (χ4v) is 11.7. The van der Waals surface area contributed by atoms with Crippen LogP contribution in [0.2, 0.25) is 0 Å². The molecule has 0 aromatic rings. The van der Waals surface area contributed by atoms with Crippen molar-refractivity contribution in [3.63, 3.8) is 0 Å². The van der Waals surface area contributed by atoms with E-state index in [1.807, 2.05) is 23.5 Å². The smallest absolute Gasteiger partial charge is 0.116 e. The fourth-order valence-electron chi connectivity index (χ4n) is 3.37. The van der Waals surface area contributed by atoms with Gasteiger partial charge >= 0.3 is 0 Å². The highest BCUT2D eigenvalue weighted by atomic mass is 32.2. The van der Waals surface area contributed by atoms with Crippen molar-refractivity contribution >= 4 is 35.3 Å². The Hall–Kier alpha value is 1.01. The van der Waals surface area contributed by atoms with E-state index in [-0.39, 0.29) is 9.87 Å². The predicted molar refractivity (Wildman–Crippen MR) is 66.7 cm³/mol. The maximum Gasteiger partial charge on any atom is 0.116 e. The van der Waals surface area contributed by atoms with Gasteiger partial charge in [0.15, 0.2) is 0 Å². The first kappa shape index (κ1) is 10.2. The molecule has 0 radical (unpaired) electrons. The minimum atomic E-state index is 0.0625. The number of hydrogen-bond acceptors (Lipinski definition) is 4. The van der Waals surface area contributed by atoms with Crippen LogP contribution < -0.4 is 0 Å². The Bertz CT molecular complexity index is 208. The molecule has 80 valence electrons. The lowest BCUT2D eigenvalue weighted by Crippen LogP contribution is -2.61. The second-order valence-electron chi connectivity index (χ2n) is 5.30. The summed E-state index contributed by atoms with van der Waals surface area (Å²) < 4.78 is 6.99. The minimum absolute atomic E-state index is 0.0625. The van der Waals surface area contributed by atoms with Gasteiger partial charge in [-0.3, -0.25) is 0 Å². The standard InChI is InChI=1S/C10H16OS3/c1-7-5-9(3)13-8(2,11-7)6-10(4,12-7)14-9/h5-6H2,1-4H3/t7-,8-,9+,10+/m0/s1. The molecule has 4 rings (SSSR count). The van der Waals surface area contributed by atoms with Gasteiger partial charge in [0, 0.05) is 12.8 Å². The van der Waals surface area contributed by atoms with E-state index in [1.54, 1.807) is 0 Å². The number of rotatable bonds is 0. The van der Waals surface area contributed by atoms with Gasteiger partial charge in [-0.2, -0.15) is 0 Å². The second-order valence-corrected chi connectivity index (χ2v) is 11.8. The molecule has 0 aliphatic carbocycles. The molecule has 4 aliphatic rings. The van der Waals surface area contributed by atoms with Gasteiger partial charge in [0.2, 0.25) is 0 Å². The van der Waals surface area contributed by atoms with Crippen LogP contribution in [0.1, 0.15) is 40.5 Å². The van der Waals surface area contributed by atoms with Crippen LogP contribution in [0.25, 0.3) is 0 Å². The molecule has 4 heteroatoms. The third-order valence-corrected chi connectivity index (χ3v) is 7.64. The van der Waals surface area contributed by atoms with Crippen molar-refractivity contribution in [1.29, 1.82) is 0 Å². The van der Waals surface area contributed by atoms with Crippen molar-refractivity contribution in [2.75, 3.05) is 0 Å². The molecule has 4 aliphatic heterocycles. The van der Waals surface area contributed by atoms with Crippen LogP contribution in [0, 0.1) is 0 Å². The third-order valence-electron chi connectivity index (χ3n) is 3.01. The summed E-state index contributed by atoms with van der Waals surface area (Å²) in [6.07, 6.45) is 2.34. The summed E-state index contributed by atoms with van der Waals surface area (Å²) in [6, 6.07) is 0. The van der Waals surface area contributed by atoms with Crippen molar-refractivity contribution in [2.45, 2.75) is 58.6 Å². The Balaban J connectivity index is 2.08. The van der Waals surface area contributed by atoms with E-state index in [4.69, 9.17) is 4.74 Å². The Morgan fingerprint density at radius 3 is 1.57 bits per heavy atom. The van der Waals surface area contributed by atoms with Crippen molar-refractivity contribution < 1.29 is 4.74 Å². The molecular weight excluding hydrogens is 232 g/mol. The largest absolute Gasteiger partial charge is 0.348 e. The molecule has 4 saturated heterocycles. The molecule has 0 N–H and O–H groups in total. The molecule has 0 saturated carbocycles. The van der Waals surface area contributed by atoms with E-state index < -0.39 is 0 Å². The summed E-state index contributed by atoms with van der Waals surface area (Å²) in [5.41, 5.74) is 0. The summed E-state index contributed by atoms with van der Waals surface area (Å²) in [6.45, 7) is 9.31. The maximum absolute atomic E-state index is 6.24. The topological polar surface area (TPSA) is 9.23 Å². The minimum Gasteiger partial charge on any atom is -0.348 e. The molecule has 1 nitrogen and oxygen atoms in total. The highest BCUT2D eigenvalue weighted by Crippen LogP contribution is 2.75. The van der Waals surface area contributed by atoms with E-state index in [0.717, 1.165) is 0 Å². The lowest BCUT2D eigenvalue weighted by molar-refractivity contribution is -0.0698. The highest BCUT2D eigenvalue weighted by molar-refractivity contribution is 8.28. The van der Waals surface area contributed by atoms with Crippen LogP contribution in [0.3, 0.4) is 0 Å². The Labute approximate surface area is 98.5 Å². The number of hydrogen-bond donors (Lipinski definition) is 0. The molecule has 0 spiro atoms. The molecule has 0 unspecified atom stereocenters. The molecule has 4 heterocycles. The van der Waals surface area contributed by atoms with Gasteiger partial charge in [0.05, 0.1) is 8.16 Å². The lowest BCUT2D eigenvalue weighted by Gasteiger charge is -2.65. The zero-order valence-corrected chi connectivity index (χ0v) is 11.5. The van der Waals surface area contributed by atoms with Gasteiger partial charge in [0.25, 0.3) is 0 Å². The van der Waals surface area contributed by atoms with Crippen molar-refractivity contribution in [3.05, 3.63) is 0 Å². The monoisotopic (exact) mass is 248 g/mol. The fraction of sp³-hybridized carbons (Fsp3) is 1.00. The number of thioether (sulfide) groups is 3. The first-order valence-electron chi connectivity index (χ1n) is 5.05. The van der Waals surface area contributed by atoms with Gasteiger partial charge in [-0.15, -0.1) is 35.3 Å². The predicted octanol–water partition coefficient (Wildman–Crippen LogP) is 3.89. The van der Waals surface area contributed by atoms with Gasteiger partial charge < -0.3 is 4.74 Å². The average molecular weight is 248 g/mol. The van der Waals surface area contributed by atoms with Crippen LogP contribution in [0.4, 0.5) is 0 Å². The molecule has 4 atom stereocenters. The summed E-state index contributed by atoms with van der Waals surface area (Å²) in [7, 11) is 0.